The third-order valence-corrected chi connectivity index (χ3v) is 4.68. The number of pyridine rings is 2. The smallest absolute Gasteiger partial charge is 0.274 e. The number of benzene rings is 1. The molecule has 26 heavy (non-hydrogen) atoms. The van der Waals surface area contributed by atoms with Crippen molar-refractivity contribution in [3.8, 4) is 0 Å². The number of nitrogens with zero attached hydrogens (tertiary/aromatic N) is 4. The highest BCUT2D eigenvalue weighted by Crippen LogP contribution is 2.21. The molecule has 3 heterocycles. The number of carbonyl (C=O) groups excluding carboxylic acids is 1. The van der Waals surface area contributed by atoms with Crippen molar-refractivity contribution in [2.45, 2.75) is 0 Å². The average molecular weight is 347 g/mol. The van der Waals surface area contributed by atoms with Gasteiger partial charge in [-0.15, -0.1) is 0 Å². The van der Waals surface area contributed by atoms with Crippen LogP contribution in [0, 0.1) is 0 Å². The van der Waals surface area contributed by atoms with Gasteiger partial charge in [0.05, 0.1) is 11.2 Å². The Kier molecular flexibility index (Phi) is 4.50. The predicted molar refractivity (Wildman–Crippen MR) is 104 cm³/mol. The first-order valence-electron chi connectivity index (χ1n) is 8.76. The van der Waals surface area contributed by atoms with Gasteiger partial charge in [0.1, 0.15) is 11.5 Å². The summed E-state index contributed by atoms with van der Waals surface area (Å²) < 4.78 is 0. The van der Waals surface area contributed by atoms with E-state index in [2.05, 4.69) is 32.1 Å². The van der Waals surface area contributed by atoms with Crippen LogP contribution in [0.3, 0.4) is 0 Å². The van der Waals surface area contributed by atoms with Crippen LogP contribution in [-0.2, 0) is 0 Å². The fourth-order valence-corrected chi connectivity index (χ4v) is 3.15. The predicted octanol–water partition coefficient (Wildman–Crippen LogP) is 2.63. The zero-order valence-corrected chi connectivity index (χ0v) is 14.7. The molecule has 6 heteroatoms. The van der Waals surface area contributed by atoms with E-state index in [1.165, 1.54) is 0 Å². The molecule has 1 aliphatic heterocycles. The van der Waals surface area contributed by atoms with E-state index in [4.69, 9.17) is 0 Å². The monoisotopic (exact) mass is 347 g/mol. The van der Waals surface area contributed by atoms with E-state index in [9.17, 15) is 4.79 Å². The van der Waals surface area contributed by atoms with Gasteiger partial charge in [-0.3, -0.25) is 9.78 Å². The topological polar surface area (TPSA) is 61.4 Å². The number of fused-ring (bicyclic) bond motifs is 1. The number of carbonyl (C=O) groups is 1. The van der Waals surface area contributed by atoms with Gasteiger partial charge in [-0.25, -0.2) is 4.98 Å². The van der Waals surface area contributed by atoms with Crippen LogP contribution < -0.4 is 10.2 Å². The van der Waals surface area contributed by atoms with Crippen molar-refractivity contribution in [1.29, 1.82) is 0 Å². The van der Waals surface area contributed by atoms with Crippen LogP contribution in [0.2, 0.25) is 0 Å². The number of para-hydroxylation sites is 1. The molecule has 1 N–H and O–H groups in total. The first kappa shape index (κ1) is 16.5. The number of rotatable bonds is 3. The summed E-state index contributed by atoms with van der Waals surface area (Å²) >= 11 is 0. The Morgan fingerprint density at radius 3 is 2.62 bits per heavy atom. The third-order valence-electron chi connectivity index (χ3n) is 4.68. The quantitative estimate of drug-likeness (QED) is 0.789. The molecule has 1 saturated heterocycles. The lowest BCUT2D eigenvalue weighted by atomic mass is 10.2. The Morgan fingerprint density at radius 1 is 1.00 bits per heavy atom. The molecular weight excluding hydrogens is 326 g/mol. The maximum atomic E-state index is 12.7. The van der Waals surface area contributed by atoms with Crippen LogP contribution in [0.25, 0.3) is 10.9 Å². The minimum absolute atomic E-state index is 0.223. The molecular formula is C20H21N5O. The van der Waals surface area contributed by atoms with Crippen LogP contribution in [0.1, 0.15) is 10.5 Å². The van der Waals surface area contributed by atoms with E-state index in [1.54, 1.807) is 12.3 Å². The highest BCUT2D eigenvalue weighted by atomic mass is 16.1. The molecule has 0 aliphatic carbocycles. The number of amides is 1. The van der Waals surface area contributed by atoms with Crippen LogP contribution in [0.5, 0.6) is 0 Å². The molecule has 132 valence electrons. The van der Waals surface area contributed by atoms with Crippen molar-refractivity contribution in [2.75, 3.05) is 43.4 Å². The molecule has 0 bridgehead atoms. The summed E-state index contributed by atoms with van der Waals surface area (Å²) in [4.78, 5) is 26.2. The second kappa shape index (κ2) is 7.09. The lowest BCUT2D eigenvalue weighted by molar-refractivity contribution is 0.102. The van der Waals surface area contributed by atoms with E-state index >= 15 is 0 Å². The maximum absolute atomic E-state index is 12.7. The third kappa shape index (κ3) is 3.36. The van der Waals surface area contributed by atoms with Crippen molar-refractivity contribution >= 4 is 28.3 Å². The van der Waals surface area contributed by atoms with Crippen molar-refractivity contribution in [3.63, 3.8) is 0 Å². The molecule has 2 aromatic heterocycles. The minimum Gasteiger partial charge on any atom is -0.354 e. The van der Waals surface area contributed by atoms with Gasteiger partial charge >= 0.3 is 0 Å². The summed E-state index contributed by atoms with van der Waals surface area (Å²) in [5, 5.41) is 3.94. The zero-order chi connectivity index (χ0) is 17.9. The summed E-state index contributed by atoms with van der Waals surface area (Å²) in [5.74, 6) is 0.626. The number of anilines is 2. The molecule has 1 amide bonds. The first-order chi connectivity index (χ1) is 12.7. The molecule has 0 spiro atoms. The standard InChI is InChI=1S/C20H21N5O/c1-24-11-13-25(14-12-24)18-9-3-8-17(22-18)20(26)23-16-7-2-5-15-6-4-10-21-19(15)16/h2-10H,11-14H2,1H3,(H,23,26). The van der Waals surface area contributed by atoms with Crippen LogP contribution in [-0.4, -0.2) is 54.0 Å². The molecule has 0 saturated carbocycles. The van der Waals surface area contributed by atoms with Gasteiger partial charge in [0, 0.05) is 37.8 Å². The average Bonchev–Trinajstić information content (AvgIpc) is 2.69. The number of aromatic nitrogens is 2. The second-order valence-electron chi connectivity index (χ2n) is 6.51. The molecule has 1 aromatic carbocycles. The summed E-state index contributed by atoms with van der Waals surface area (Å²) in [6.45, 7) is 3.84. The highest BCUT2D eigenvalue weighted by Gasteiger charge is 2.17. The van der Waals surface area contributed by atoms with E-state index in [1.807, 2.05) is 42.5 Å². The van der Waals surface area contributed by atoms with Gasteiger partial charge in [0.25, 0.3) is 5.91 Å². The summed E-state index contributed by atoms with van der Waals surface area (Å²) in [6, 6.07) is 15.2. The molecule has 3 aromatic rings. The summed E-state index contributed by atoms with van der Waals surface area (Å²) in [6.07, 6.45) is 1.73. The van der Waals surface area contributed by atoms with E-state index in [-0.39, 0.29) is 5.91 Å². The lowest BCUT2D eigenvalue weighted by Crippen LogP contribution is -2.44. The first-order valence-corrected chi connectivity index (χ1v) is 8.76. The van der Waals surface area contributed by atoms with E-state index in [0.717, 1.165) is 42.9 Å². The normalized spacial score (nSPS) is 15.2. The van der Waals surface area contributed by atoms with E-state index < -0.39 is 0 Å². The van der Waals surface area contributed by atoms with Gasteiger partial charge in [0.15, 0.2) is 0 Å². The van der Waals surface area contributed by atoms with Crippen LogP contribution >= 0.6 is 0 Å². The Bertz CT molecular complexity index is 929. The SMILES string of the molecule is CN1CCN(c2cccc(C(=O)Nc3cccc4cccnc34)n2)CC1. The molecule has 6 nitrogen and oxygen atoms in total. The van der Waals surface area contributed by atoms with Gasteiger partial charge in [-0.2, -0.15) is 0 Å². The van der Waals surface area contributed by atoms with Gasteiger partial charge in [-0.1, -0.05) is 24.3 Å². The number of piperazine rings is 1. The molecule has 1 aliphatic rings. The van der Waals surface area contributed by atoms with Gasteiger partial charge in [0.2, 0.25) is 0 Å². The van der Waals surface area contributed by atoms with Crippen molar-refractivity contribution in [2.24, 2.45) is 0 Å². The van der Waals surface area contributed by atoms with Crippen molar-refractivity contribution in [1.82, 2.24) is 14.9 Å². The fourth-order valence-electron chi connectivity index (χ4n) is 3.15. The van der Waals surface area contributed by atoms with Crippen LogP contribution in [0.4, 0.5) is 11.5 Å². The number of hydrogen-bond donors (Lipinski definition) is 1. The number of nitrogens with one attached hydrogen (secondary N) is 1. The molecule has 4 rings (SSSR count). The molecule has 1 fully saturated rings. The minimum atomic E-state index is -0.223. The van der Waals surface area contributed by atoms with Gasteiger partial charge in [-0.05, 0) is 31.3 Å². The summed E-state index contributed by atoms with van der Waals surface area (Å²) in [7, 11) is 2.12. The van der Waals surface area contributed by atoms with Gasteiger partial charge < -0.3 is 15.1 Å². The highest BCUT2D eigenvalue weighted by molar-refractivity contribution is 6.07. The maximum Gasteiger partial charge on any atom is 0.274 e. The Hall–Kier alpha value is -2.99. The molecule has 0 radical (unpaired) electrons. The summed E-state index contributed by atoms with van der Waals surface area (Å²) in [5.41, 5.74) is 1.88. The zero-order valence-electron chi connectivity index (χ0n) is 14.7. The second-order valence-corrected chi connectivity index (χ2v) is 6.51. The lowest BCUT2D eigenvalue weighted by Gasteiger charge is -2.33. The van der Waals surface area contributed by atoms with E-state index in [0.29, 0.717) is 11.4 Å². The fraction of sp³-hybridized carbons (Fsp3) is 0.250. The molecule has 0 atom stereocenters. The van der Waals surface area contributed by atoms with Crippen molar-refractivity contribution < 1.29 is 4.79 Å². The Morgan fingerprint density at radius 2 is 1.77 bits per heavy atom. The van der Waals surface area contributed by atoms with Crippen molar-refractivity contribution in [3.05, 3.63) is 60.4 Å². The Balaban J connectivity index is 1.56. The Labute approximate surface area is 152 Å². The number of hydrogen-bond acceptors (Lipinski definition) is 5. The number of likely N-dealkylation sites (N-methyl/N-ethyl adjacent to an activating group) is 1. The van der Waals surface area contributed by atoms with Crippen LogP contribution in [0.15, 0.2) is 54.7 Å². The molecule has 0 unspecified atom stereocenters. The largest absolute Gasteiger partial charge is 0.354 e.